The number of carbonyl (C=O) groups is 4. The number of Topliss-reactive ketones (excluding diaryl/α,β-unsaturated/α-hetero) is 1. The number of hydrogen-bond acceptors (Lipinski definition) is 7. The van der Waals surface area contributed by atoms with E-state index in [2.05, 4.69) is 0 Å². The number of methoxy groups -OCH3 is 1. The highest BCUT2D eigenvalue weighted by molar-refractivity contribution is 6.55. The van der Waals surface area contributed by atoms with Crippen molar-refractivity contribution in [3.63, 3.8) is 0 Å². The van der Waals surface area contributed by atoms with Gasteiger partial charge in [0.25, 0.3) is 23.4 Å². The van der Waals surface area contributed by atoms with Crippen LogP contribution in [0.4, 0.5) is 5.69 Å². The van der Waals surface area contributed by atoms with Crippen molar-refractivity contribution in [1.29, 1.82) is 0 Å². The molecule has 0 saturated heterocycles. The molecule has 10 nitrogen and oxygen atoms in total. The Bertz CT molecular complexity index is 1500. The summed E-state index contributed by atoms with van der Waals surface area (Å²) in [7, 11) is 1.43. The number of imide groups is 1. The number of ketones is 1. The Morgan fingerprint density at radius 3 is 1.92 bits per heavy atom. The molecule has 194 valence electrons. The van der Waals surface area contributed by atoms with Crippen LogP contribution in [0.3, 0.4) is 0 Å². The fourth-order valence-corrected chi connectivity index (χ4v) is 4.76. The predicted molar refractivity (Wildman–Crippen MR) is 138 cm³/mol. The quantitative estimate of drug-likeness (QED) is 0.0848. The third-order valence-electron chi connectivity index (χ3n) is 5.59. The monoisotopic (exact) mass is 595 g/mol. The number of fused-ring (bicyclic) bond motifs is 1. The maximum absolute atomic E-state index is 13.7. The maximum atomic E-state index is 13.7. The molecule has 0 N–H and O–H groups in total. The highest BCUT2D eigenvalue weighted by atomic mass is 35.5. The molecule has 38 heavy (non-hydrogen) atoms. The molecule has 0 unspecified atom stereocenters. The minimum absolute atomic E-state index is 0.102. The smallest absolute Gasteiger partial charge is 0.282 e. The summed E-state index contributed by atoms with van der Waals surface area (Å²) in [6.07, 6.45) is 0. The number of benzene rings is 3. The maximum Gasteiger partial charge on any atom is 0.282 e. The molecule has 3 aromatic rings. The van der Waals surface area contributed by atoms with E-state index in [0.717, 1.165) is 12.1 Å². The summed E-state index contributed by atoms with van der Waals surface area (Å²) in [5, 5.41) is 11.0. The Hall–Kier alpha value is -3.70. The first kappa shape index (κ1) is 27.3. The summed E-state index contributed by atoms with van der Waals surface area (Å²) in [4.78, 5) is 64.5. The number of halogens is 4. The van der Waals surface area contributed by atoms with Crippen LogP contribution < -0.4 is 4.74 Å². The molecule has 3 aromatic carbocycles. The minimum Gasteiger partial charge on any atom is -0.497 e. The number of hydrazine groups is 1. The van der Waals surface area contributed by atoms with Gasteiger partial charge in [-0.3, -0.25) is 29.3 Å². The van der Waals surface area contributed by atoms with E-state index < -0.39 is 67.4 Å². The zero-order chi connectivity index (χ0) is 27.9. The Morgan fingerprint density at radius 2 is 1.42 bits per heavy atom. The standard InChI is InChI=1S/C24H13Cl4N3O7/c1-38-12-8-6-11(7-9-12)15(32)10-29(22(33)13-4-2-3-5-14(13)31(36)37)30-23(34)16-17(24(30)35)19(26)21(28)20(27)18(16)25/h2-9H,10H2,1H3. The van der Waals surface area contributed by atoms with Gasteiger partial charge in [0.1, 0.15) is 17.9 Å². The lowest BCUT2D eigenvalue weighted by Crippen LogP contribution is -2.51. The lowest BCUT2D eigenvalue weighted by atomic mass is 10.1. The first-order valence-electron chi connectivity index (χ1n) is 10.5. The van der Waals surface area contributed by atoms with Gasteiger partial charge < -0.3 is 4.74 Å². The summed E-state index contributed by atoms with van der Waals surface area (Å²) in [5.41, 5.74) is -1.87. The molecule has 0 aromatic heterocycles. The zero-order valence-corrected chi connectivity index (χ0v) is 22.1. The van der Waals surface area contributed by atoms with Gasteiger partial charge in [0.2, 0.25) is 0 Å². The molecule has 4 rings (SSSR count). The van der Waals surface area contributed by atoms with Gasteiger partial charge in [-0.2, -0.15) is 5.01 Å². The SMILES string of the molecule is COc1ccc(C(=O)CN(C(=O)c2ccccc2[N+](=O)[O-])N2C(=O)c3c(Cl)c(Cl)c(Cl)c(Cl)c3C2=O)cc1. The van der Waals surface area contributed by atoms with Crippen LogP contribution in [0.2, 0.25) is 20.1 Å². The number of amides is 3. The van der Waals surface area contributed by atoms with Crippen LogP contribution in [0, 0.1) is 10.1 Å². The van der Waals surface area contributed by atoms with Crippen molar-refractivity contribution >= 4 is 75.6 Å². The van der Waals surface area contributed by atoms with Crippen molar-refractivity contribution in [3.05, 3.63) is 101 Å². The molecule has 0 saturated carbocycles. The molecule has 1 aliphatic rings. The second kappa shape index (κ2) is 10.6. The van der Waals surface area contributed by atoms with Crippen LogP contribution in [-0.2, 0) is 0 Å². The van der Waals surface area contributed by atoms with E-state index in [1.54, 1.807) is 0 Å². The lowest BCUT2D eigenvalue weighted by Gasteiger charge is -2.29. The third kappa shape index (κ3) is 4.56. The second-order valence-electron chi connectivity index (χ2n) is 7.72. The Kier molecular flexibility index (Phi) is 7.61. The number of nitrogens with zero attached hydrogens (tertiary/aromatic N) is 3. The van der Waals surface area contributed by atoms with E-state index in [-0.39, 0.29) is 15.6 Å². The van der Waals surface area contributed by atoms with Gasteiger partial charge in [0, 0.05) is 11.6 Å². The first-order valence-corrected chi connectivity index (χ1v) is 12.0. The van der Waals surface area contributed by atoms with Gasteiger partial charge in [-0.05, 0) is 30.3 Å². The highest BCUT2D eigenvalue weighted by Crippen LogP contribution is 2.45. The van der Waals surface area contributed by atoms with E-state index >= 15 is 0 Å². The highest BCUT2D eigenvalue weighted by Gasteiger charge is 2.47. The number of ether oxygens (including phenoxy) is 1. The number of nitro benzene ring substituents is 1. The third-order valence-corrected chi connectivity index (χ3v) is 7.39. The van der Waals surface area contributed by atoms with E-state index in [1.165, 1.54) is 43.5 Å². The van der Waals surface area contributed by atoms with Crippen molar-refractivity contribution in [1.82, 2.24) is 10.0 Å². The van der Waals surface area contributed by atoms with E-state index in [9.17, 15) is 29.3 Å². The van der Waals surface area contributed by atoms with Crippen LogP contribution in [0.25, 0.3) is 0 Å². The van der Waals surface area contributed by atoms with Crippen molar-refractivity contribution in [2.75, 3.05) is 13.7 Å². The fraction of sp³-hybridized carbons (Fsp3) is 0.0833. The van der Waals surface area contributed by atoms with Crippen molar-refractivity contribution < 1.29 is 28.8 Å². The van der Waals surface area contributed by atoms with Crippen LogP contribution >= 0.6 is 46.4 Å². The minimum atomic E-state index is -1.18. The summed E-state index contributed by atoms with van der Waals surface area (Å²) in [5.74, 6) is -3.70. The number of nitro groups is 1. The lowest BCUT2D eigenvalue weighted by molar-refractivity contribution is -0.385. The van der Waals surface area contributed by atoms with Gasteiger partial charge in [-0.25, -0.2) is 5.01 Å². The molecule has 0 radical (unpaired) electrons. The Morgan fingerprint density at radius 1 is 0.895 bits per heavy atom. The summed E-state index contributed by atoms with van der Waals surface area (Å²) in [6, 6.07) is 10.7. The predicted octanol–water partition coefficient (Wildman–Crippen LogP) is 5.75. The van der Waals surface area contributed by atoms with E-state index in [4.69, 9.17) is 51.1 Å². The molecule has 0 bridgehead atoms. The molecule has 3 amide bonds. The molecule has 0 fully saturated rings. The molecule has 14 heteroatoms. The molecular weight excluding hydrogens is 584 g/mol. The second-order valence-corrected chi connectivity index (χ2v) is 9.23. The molecule has 1 heterocycles. The van der Waals surface area contributed by atoms with E-state index in [1.807, 2.05) is 0 Å². The van der Waals surface area contributed by atoms with Gasteiger partial charge in [0.15, 0.2) is 5.78 Å². The molecular formula is C24H13Cl4N3O7. The van der Waals surface area contributed by atoms with Gasteiger partial charge in [0.05, 0.1) is 43.3 Å². The van der Waals surface area contributed by atoms with Gasteiger partial charge in [-0.1, -0.05) is 58.5 Å². The molecule has 0 aliphatic carbocycles. The van der Waals surface area contributed by atoms with Crippen molar-refractivity contribution in [2.45, 2.75) is 0 Å². The summed E-state index contributed by atoms with van der Waals surface area (Å²) in [6.45, 7) is -0.862. The van der Waals surface area contributed by atoms with Crippen molar-refractivity contribution in [2.24, 2.45) is 0 Å². The number of carbonyl (C=O) groups excluding carboxylic acids is 4. The van der Waals surface area contributed by atoms with Gasteiger partial charge >= 0.3 is 0 Å². The van der Waals surface area contributed by atoms with Crippen LogP contribution in [0.15, 0.2) is 48.5 Å². The van der Waals surface area contributed by atoms with E-state index in [0.29, 0.717) is 15.8 Å². The number of rotatable bonds is 7. The average Bonchev–Trinajstić information content (AvgIpc) is 3.18. The average molecular weight is 597 g/mol. The molecule has 0 spiro atoms. The number of hydrogen-bond donors (Lipinski definition) is 0. The van der Waals surface area contributed by atoms with Crippen LogP contribution in [-0.4, -0.2) is 52.1 Å². The topological polar surface area (TPSA) is 127 Å². The fourth-order valence-electron chi connectivity index (χ4n) is 3.75. The normalized spacial score (nSPS) is 12.4. The molecule has 0 atom stereocenters. The summed E-state index contributed by atoms with van der Waals surface area (Å²) >= 11 is 24.5. The Labute approximate surface area is 234 Å². The number of para-hydroxylation sites is 1. The molecule has 1 aliphatic heterocycles. The zero-order valence-electron chi connectivity index (χ0n) is 19.0. The van der Waals surface area contributed by atoms with Gasteiger partial charge in [-0.15, -0.1) is 0 Å². The van der Waals surface area contributed by atoms with Crippen LogP contribution in [0.1, 0.15) is 41.4 Å². The largest absolute Gasteiger partial charge is 0.497 e. The van der Waals surface area contributed by atoms with Crippen molar-refractivity contribution in [3.8, 4) is 5.75 Å². The van der Waals surface area contributed by atoms with Crippen LogP contribution in [0.5, 0.6) is 5.75 Å². The first-order chi connectivity index (χ1) is 18.0. The summed E-state index contributed by atoms with van der Waals surface area (Å²) < 4.78 is 5.06. The Balaban J connectivity index is 1.85.